The Morgan fingerprint density at radius 2 is 2.19 bits per heavy atom. The molecule has 2 rings (SSSR count). The van der Waals surface area contributed by atoms with Crippen molar-refractivity contribution >= 4 is 38.9 Å². The fraction of sp³-hybridized carbons (Fsp3) is 0.0833. The van der Waals surface area contributed by atoms with E-state index in [-0.39, 0.29) is 24.0 Å². The number of nitro benzene ring substituents is 1. The van der Waals surface area contributed by atoms with Gasteiger partial charge >= 0.3 is 5.69 Å². The summed E-state index contributed by atoms with van der Waals surface area (Å²) < 4.78 is 6.05. The molecule has 21 heavy (non-hydrogen) atoms. The number of ether oxygens (including phenoxy) is 1. The molecule has 0 aliphatic carbocycles. The van der Waals surface area contributed by atoms with E-state index in [1.165, 1.54) is 23.5 Å². The van der Waals surface area contributed by atoms with Crippen LogP contribution >= 0.6 is 27.3 Å². The average Bonchev–Trinajstić information content (AvgIpc) is 2.93. The number of amides is 1. The minimum absolute atomic E-state index is 0.124. The lowest BCUT2D eigenvalue weighted by atomic mass is 10.3. The standard InChI is InChI=1S/C12H10BrN3O4S/c13-7-1-3-10(9(5-7)16(18)19)20-6-8-2-4-11(21-8)12(17)15-14/h1-5H,6,14H2,(H,15,17). The van der Waals surface area contributed by atoms with Gasteiger partial charge in [-0.3, -0.25) is 20.3 Å². The maximum absolute atomic E-state index is 11.3. The van der Waals surface area contributed by atoms with Gasteiger partial charge < -0.3 is 4.74 Å². The fourth-order valence-corrected chi connectivity index (χ4v) is 2.73. The normalized spacial score (nSPS) is 10.2. The van der Waals surface area contributed by atoms with Crippen LogP contribution in [-0.2, 0) is 6.61 Å². The van der Waals surface area contributed by atoms with Crippen LogP contribution in [0.5, 0.6) is 5.75 Å². The van der Waals surface area contributed by atoms with Crippen LogP contribution in [0.25, 0.3) is 0 Å². The summed E-state index contributed by atoms with van der Waals surface area (Å²) in [5.74, 6) is 4.82. The van der Waals surface area contributed by atoms with Gasteiger partial charge in [0.2, 0.25) is 0 Å². The van der Waals surface area contributed by atoms with Gasteiger partial charge in [0.05, 0.1) is 9.80 Å². The molecule has 1 heterocycles. The van der Waals surface area contributed by atoms with E-state index in [4.69, 9.17) is 10.6 Å². The second kappa shape index (κ2) is 6.66. The lowest BCUT2D eigenvalue weighted by Crippen LogP contribution is -2.29. The summed E-state index contributed by atoms with van der Waals surface area (Å²) in [5, 5.41) is 11.0. The molecule has 0 unspecified atom stereocenters. The summed E-state index contributed by atoms with van der Waals surface area (Å²) in [6.45, 7) is 0.130. The van der Waals surface area contributed by atoms with Gasteiger partial charge in [0, 0.05) is 15.4 Å². The van der Waals surface area contributed by atoms with E-state index in [2.05, 4.69) is 15.9 Å². The summed E-state index contributed by atoms with van der Waals surface area (Å²) in [5.41, 5.74) is 1.91. The maximum Gasteiger partial charge on any atom is 0.312 e. The van der Waals surface area contributed by atoms with Crippen LogP contribution in [-0.4, -0.2) is 10.8 Å². The molecule has 0 saturated carbocycles. The molecule has 0 aliphatic rings. The van der Waals surface area contributed by atoms with Crippen LogP contribution < -0.4 is 16.0 Å². The number of nitrogens with one attached hydrogen (secondary N) is 1. The number of carbonyl (C=O) groups is 1. The molecule has 0 spiro atoms. The number of hydrogen-bond donors (Lipinski definition) is 2. The van der Waals surface area contributed by atoms with Gasteiger partial charge in [-0.25, -0.2) is 5.84 Å². The first-order valence-corrected chi connectivity index (χ1v) is 7.28. The highest BCUT2D eigenvalue weighted by atomic mass is 79.9. The molecule has 0 bridgehead atoms. The van der Waals surface area contributed by atoms with Gasteiger partial charge in [-0.05, 0) is 24.3 Å². The van der Waals surface area contributed by atoms with Crippen molar-refractivity contribution in [1.82, 2.24) is 5.43 Å². The molecule has 3 N–H and O–H groups in total. The third-order valence-electron chi connectivity index (χ3n) is 2.50. The maximum atomic E-state index is 11.3. The number of nitrogens with two attached hydrogens (primary N) is 1. The lowest BCUT2D eigenvalue weighted by Gasteiger charge is -2.05. The first-order valence-electron chi connectivity index (χ1n) is 5.67. The van der Waals surface area contributed by atoms with Crippen LogP contribution in [0.15, 0.2) is 34.8 Å². The van der Waals surface area contributed by atoms with Crippen LogP contribution in [0.2, 0.25) is 0 Å². The molecule has 1 aromatic carbocycles. The number of halogens is 1. The molecule has 9 heteroatoms. The summed E-state index contributed by atoms with van der Waals surface area (Å²) in [7, 11) is 0. The zero-order valence-electron chi connectivity index (χ0n) is 10.5. The van der Waals surface area contributed by atoms with E-state index in [1.807, 2.05) is 5.43 Å². The SMILES string of the molecule is NNC(=O)c1ccc(COc2ccc(Br)cc2[N+](=O)[O-])s1. The summed E-state index contributed by atoms with van der Waals surface area (Å²) >= 11 is 4.38. The molecule has 1 amide bonds. The Bertz CT molecular complexity index is 689. The Morgan fingerprint density at radius 3 is 2.86 bits per heavy atom. The van der Waals surface area contributed by atoms with Crippen molar-refractivity contribution in [3.8, 4) is 5.75 Å². The van der Waals surface area contributed by atoms with Crippen LogP contribution in [0, 0.1) is 10.1 Å². The first kappa shape index (κ1) is 15.4. The van der Waals surface area contributed by atoms with Gasteiger partial charge in [0.1, 0.15) is 6.61 Å². The van der Waals surface area contributed by atoms with E-state index >= 15 is 0 Å². The Labute approximate surface area is 132 Å². The van der Waals surface area contributed by atoms with E-state index in [0.717, 1.165) is 4.88 Å². The molecule has 1 aromatic heterocycles. The lowest BCUT2D eigenvalue weighted by molar-refractivity contribution is -0.386. The first-order chi connectivity index (χ1) is 10.0. The second-order valence-corrected chi connectivity index (χ2v) is 5.98. The summed E-state index contributed by atoms with van der Waals surface area (Å²) in [6.07, 6.45) is 0. The average molecular weight is 372 g/mol. The van der Waals surface area contributed by atoms with Crippen LogP contribution in [0.1, 0.15) is 14.5 Å². The zero-order chi connectivity index (χ0) is 15.4. The summed E-state index contributed by atoms with van der Waals surface area (Å²) in [6, 6.07) is 7.87. The Hall–Kier alpha value is -1.97. The molecule has 0 aliphatic heterocycles. The Morgan fingerprint density at radius 1 is 1.43 bits per heavy atom. The molecular formula is C12H10BrN3O4S. The monoisotopic (exact) mass is 371 g/mol. The predicted molar refractivity (Wildman–Crippen MR) is 81.1 cm³/mol. The highest BCUT2D eigenvalue weighted by Crippen LogP contribution is 2.31. The number of carbonyl (C=O) groups excluding carboxylic acids is 1. The smallest absolute Gasteiger partial charge is 0.312 e. The van der Waals surface area contributed by atoms with Gasteiger partial charge in [-0.2, -0.15) is 0 Å². The molecule has 0 fully saturated rings. The van der Waals surface area contributed by atoms with E-state index < -0.39 is 4.92 Å². The van der Waals surface area contributed by atoms with E-state index in [9.17, 15) is 14.9 Å². The Kier molecular flexibility index (Phi) is 4.89. The van der Waals surface area contributed by atoms with Gasteiger partial charge in [0.25, 0.3) is 5.91 Å². The molecular weight excluding hydrogens is 362 g/mol. The van der Waals surface area contributed by atoms with Crippen molar-refractivity contribution in [3.05, 3.63) is 54.7 Å². The van der Waals surface area contributed by atoms with Crippen molar-refractivity contribution in [2.75, 3.05) is 0 Å². The number of hydrogen-bond acceptors (Lipinski definition) is 6. The number of nitro groups is 1. The van der Waals surface area contributed by atoms with Crippen molar-refractivity contribution in [2.24, 2.45) is 5.84 Å². The summed E-state index contributed by atoms with van der Waals surface area (Å²) in [4.78, 5) is 23.0. The van der Waals surface area contributed by atoms with Gasteiger partial charge in [0.15, 0.2) is 5.75 Å². The number of nitrogens with zero attached hydrogens (tertiary/aromatic N) is 1. The minimum atomic E-state index is -0.512. The Balaban J connectivity index is 2.11. The molecule has 0 radical (unpaired) electrons. The number of benzene rings is 1. The van der Waals surface area contributed by atoms with E-state index in [0.29, 0.717) is 9.35 Å². The van der Waals surface area contributed by atoms with Crippen molar-refractivity contribution in [2.45, 2.75) is 6.61 Å². The van der Waals surface area contributed by atoms with Gasteiger partial charge in [-0.15, -0.1) is 11.3 Å². The third-order valence-corrected chi connectivity index (χ3v) is 4.05. The zero-order valence-corrected chi connectivity index (χ0v) is 12.9. The molecule has 0 atom stereocenters. The van der Waals surface area contributed by atoms with Crippen LogP contribution in [0.4, 0.5) is 5.69 Å². The van der Waals surface area contributed by atoms with Crippen LogP contribution in [0.3, 0.4) is 0 Å². The quantitative estimate of drug-likeness (QED) is 0.363. The number of rotatable bonds is 5. The highest BCUT2D eigenvalue weighted by molar-refractivity contribution is 9.10. The molecule has 7 nitrogen and oxygen atoms in total. The topological polar surface area (TPSA) is 107 Å². The van der Waals surface area contributed by atoms with Crippen molar-refractivity contribution in [3.63, 3.8) is 0 Å². The number of hydrazine groups is 1. The fourth-order valence-electron chi connectivity index (χ4n) is 1.55. The predicted octanol–water partition coefficient (Wildman–Crippen LogP) is 2.60. The van der Waals surface area contributed by atoms with E-state index in [1.54, 1.807) is 18.2 Å². The molecule has 0 saturated heterocycles. The largest absolute Gasteiger partial charge is 0.481 e. The highest BCUT2D eigenvalue weighted by Gasteiger charge is 2.16. The van der Waals surface area contributed by atoms with Crippen molar-refractivity contribution in [1.29, 1.82) is 0 Å². The molecule has 2 aromatic rings. The number of nitrogen functional groups attached to an aromatic ring is 1. The second-order valence-electron chi connectivity index (χ2n) is 3.90. The third kappa shape index (κ3) is 3.78. The van der Waals surface area contributed by atoms with Gasteiger partial charge in [-0.1, -0.05) is 15.9 Å². The molecule has 110 valence electrons. The minimum Gasteiger partial charge on any atom is -0.481 e. The number of thiophene rings is 1. The van der Waals surface area contributed by atoms with Crippen molar-refractivity contribution < 1.29 is 14.5 Å².